The first kappa shape index (κ1) is 29.1. The fraction of sp³-hybridized carbons (Fsp3) is 0.185. The van der Waals surface area contributed by atoms with Crippen molar-refractivity contribution in [2.45, 2.75) is 26.9 Å². The van der Waals surface area contributed by atoms with Crippen LogP contribution in [0.15, 0.2) is 42.0 Å². The van der Waals surface area contributed by atoms with Crippen LogP contribution >= 0.6 is 68.1 Å². The Hall–Kier alpha value is -2.45. The summed E-state index contributed by atoms with van der Waals surface area (Å²) in [6, 6.07) is 15.1. The number of ketones is 1. The third-order valence-electron chi connectivity index (χ3n) is 5.20. The maximum absolute atomic E-state index is 13.0. The fourth-order valence-electron chi connectivity index (χ4n) is 3.38. The quantitative estimate of drug-likeness (QED) is 0.0987. The molecule has 0 bridgehead atoms. The number of Topliss-reactive ketones (excluding diaryl/α,β-unsaturated/α-hetero) is 1. The number of carbonyl (C=O) groups is 2. The second-order valence-electron chi connectivity index (χ2n) is 7.65. The minimum Gasteiger partial charge on any atom is -0.487 e. The van der Waals surface area contributed by atoms with Crippen LogP contribution in [0.4, 0.5) is 0 Å². The maximum Gasteiger partial charge on any atom is 0.348 e. The molecular formula is C27H19ClI2N2O4S. The number of halogens is 3. The Labute approximate surface area is 251 Å². The molecule has 0 fully saturated rings. The summed E-state index contributed by atoms with van der Waals surface area (Å²) in [6.07, 6.45) is 1.35. The molecule has 3 rings (SSSR count). The van der Waals surface area contributed by atoms with Gasteiger partial charge in [-0.1, -0.05) is 29.8 Å². The Bertz CT molecular complexity index is 1460. The smallest absolute Gasteiger partial charge is 0.348 e. The minimum absolute atomic E-state index is 0.0519. The van der Waals surface area contributed by atoms with Crippen LogP contribution in [0.2, 0.25) is 5.02 Å². The van der Waals surface area contributed by atoms with Crippen molar-refractivity contribution < 1.29 is 19.1 Å². The molecule has 37 heavy (non-hydrogen) atoms. The number of ether oxygens (including phenoxy) is 2. The van der Waals surface area contributed by atoms with Gasteiger partial charge in [0.1, 0.15) is 29.4 Å². The van der Waals surface area contributed by atoms with E-state index in [0.29, 0.717) is 38.3 Å². The zero-order chi connectivity index (χ0) is 27.1. The number of nitriles is 2. The Morgan fingerprint density at radius 1 is 1.16 bits per heavy atom. The number of hydrogen-bond acceptors (Lipinski definition) is 7. The SMILES string of the molecule is CCOC(=O)c1sc(CC(=O)/C(C#N)=C/c2cc(I)c(OCc3ccccc3Cl)c(I)c2)c(C#N)c1C. The lowest BCUT2D eigenvalue weighted by atomic mass is 10.0. The second kappa shape index (κ2) is 13.4. The molecule has 0 saturated carbocycles. The zero-order valence-corrected chi connectivity index (χ0v) is 25.6. The number of rotatable bonds is 9. The number of benzene rings is 2. The third-order valence-corrected chi connectivity index (χ3v) is 8.44. The average Bonchev–Trinajstić information content (AvgIpc) is 3.17. The highest BCUT2D eigenvalue weighted by molar-refractivity contribution is 14.1. The van der Waals surface area contributed by atoms with Crippen molar-refractivity contribution >= 4 is 85.9 Å². The van der Waals surface area contributed by atoms with Gasteiger partial charge in [0.15, 0.2) is 5.78 Å². The molecule has 1 heterocycles. The summed E-state index contributed by atoms with van der Waals surface area (Å²) in [6.45, 7) is 3.85. The molecule has 1 aromatic heterocycles. The molecule has 0 aliphatic rings. The van der Waals surface area contributed by atoms with E-state index in [2.05, 4.69) is 51.3 Å². The topological polar surface area (TPSA) is 100 Å². The van der Waals surface area contributed by atoms with Gasteiger partial charge in [-0.15, -0.1) is 11.3 Å². The summed E-state index contributed by atoms with van der Waals surface area (Å²) in [4.78, 5) is 25.9. The van der Waals surface area contributed by atoms with Gasteiger partial charge in [0, 0.05) is 21.9 Å². The van der Waals surface area contributed by atoms with Crippen LogP contribution in [0.1, 0.15) is 43.7 Å². The number of carbonyl (C=O) groups excluding carboxylic acids is 2. The molecule has 0 unspecified atom stereocenters. The van der Waals surface area contributed by atoms with Gasteiger partial charge in [-0.2, -0.15) is 10.5 Å². The Morgan fingerprint density at radius 3 is 2.43 bits per heavy atom. The van der Waals surface area contributed by atoms with Crippen LogP contribution in [0.5, 0.6) is 5.75 Å². The van der Waals surface area contributed by atoms with Crippen LogP contribution in [0.25, 0.3) is 6.08 Å². The Balaban J connectivity index is 1.83. The molecule has 0 N–H and O–H groups in total. The van der Waals surface area contributed by atoms with Crippen molar-refractivity contribution in [1.82, 2.24) is 0 Å². The fourth-order valence-corrected chi connectivity index (χ4v) is 6.85. The summed E-state index contributed by atoms with van der Waals surface area (Å²) in [7, 11) is 0. The highest BCUT2D eigenvalue weighted by Crippen LogP contribution is 2.32. The second-order valence-corrected chi connectivity index (χ2v) is 11.5. The molecule has 188 valence electrons. The van der Waals surface area contributed by atoms with E-state index in [9.17, 15) is 20.1 Å². The predicted octanol–water partition coefficient (Wildman–Crippen LogP) is 7.27. The lowest BCUT2D eigenvalue weighted by Gasteiger charge is -2.12. The van der Waals surface area contributed by atoms with E-state index in [1.165, 1.54) is 6.08 Å². The Morgan fingerprint density at radius 2 is 1.84 bits per heavy atom. The standard InChI is InChI=1S/C27H19ClI2N2O4S/c1-3-35-27(34)26-15(2)19(13-32)24(37-26)11-23(33)18(12-31)8-16-9-21(29)25(22(30)10-16)36-14-17-6-4-5-7-20(17)28/h4-10H,3,11,14H2,1-2H3/b18-8+. The number of nitrogens with zero attached hydrogens (tertiary/aromatic N) is 2. The molecule has 10 heteroatoms. The first-order valence-corrected chi connectivity index (χ1v) is 14.2. The van der Waals surface area contributed by atoms with Crippen LogP contribution in [0, 0.1) is 36.7 Å². The van der Waals surface area contributed by atoms with E-state index in [1.54, 1.807) is 19.9 Å². The summed E-state index contributed by atoms with van der Waals surface area (Å²) in [5.41, 5.74) is 2.22. The Kier molecular flexibility index (Phi) is 10.5. The molecule has 0 spiro atoms. The van der Waals surface area contributed by atoms with E-state index >= 15 is 0 Å². The normalized spacial score (nSPS) is 10.9. The summed E-state index contributed by atoms with van der Waals surface area (Å²) >= 11 is 11.6. The van der Waals surface area contributed by atoms with Gasteiger partial charge in [0.2, 0.25) is 0 Å². The van der Waals surface area contributed by atoms with E-state index < -0.39 is 11.8 Å². The summed E-state index contributed by atoms with van der Waals surface area (Å²) in [5.74, 6) is -0.292. The van der Waals surface area contributed by atoms with E-state index in [0.717, 1.165) is 24.0 Å². The molecule has 0 aliphatic carbocycles. The first-order chi connectivity index (χ1) is 17.7. The van der Waals surface area contributed by atoms with E-state index in [1.807, 2.05) is 36.4 Å². The van der Waals surface area contributed by atoms with Crippen molar-refractivity contribution in [2.75, 3.05) is 6.61 Å². The molecule has 0 amide bonds. The van der Waals surface area contributed by atoms with Gasteiger partial charge in [-0.05, 0) is 94.4 Å². The van der Waals surface area contributed by atoms with Crippen LogP contribution in [0.3, 0.4) is 0 Å². The highest BCUT2D eigenvalue weighted by atomic mass is 127. The first-order valence-electron chi connectivity index (χ1n) is 10.9. The number of esters is 1. The number of hydrogen-bond donors (Lipinski definition) is 0. The van der Waals surface area contributed by atoms with Crippen molar-refractivity contribution in [3.8, 4) is 17.9 Å². The molecule has 2 aromatic carbocycles. The molecular weight excluding hydrogens is 738 g/mol. The summed E-state index contributed by atoms with van der Waals surface area (Å²) < 4.78 is 12.7. The van der Waals surface area contributed by atoms with Crippen molar-refractivity contribution in [3.05, 3.63) is 86.1 Å². The van der Waals surface area contributed by atoms with E-state index in [-0.39, 0.29) is 24.2 Å². The molecule has 0 radical (unpaired) electrons. The van der Waals surface area contributed by atoms with Crippen molar-refractivity contribution in [3.63, 3.8) is 0 Å². The molecule has 6 nitrogen and oxygen atoms in total. The molecule has 0 aliphatic heterocycles. The van der Waals surface area contributed by atoms with Gasteiger partial charge in [0.25, 0.3) is 0 Å². The number of thiophene rings is 1. The molecule has 0 saturated heterocycles. The van der Waals surface area contributed by atoms with Gasteiger partial charge >= 0.3 is 5.97 Å². The van der Waals surface area contributed by atoms with Gasteiger partial charge in [0.05, 0.1) is 24.9 Å². The molecule has 0 atom stereocenters. The average molecular weight is 757 g/mol. The monoisotopic (exact) mass is 756 g/mol. The van der Waals surface area contributed by atoms with Crippen LogP contribution in [-0.2, 0) is 22.6 Å². The zero-order valence-electron chi connectivity index (χ0n) is 19.7. The maximum atomic E-state index is 13.0. The lowest BCUT2D eigenvalue weighted by molar-refractivity contribution is -0.114. The third kappa shape index (κ3) is 7.11. The number of allylic oxidation sites excluding steroid dienone is 1. The highest BCUT2D eigenvalue weighted by Gasteiger charge is 2.23. The minimum atomic E-state index is -0.530. The van der Waals surface area contributed by atoms with Crippen LogP contribution in [-0.4, -0.2) is 18.4 Å². The van der Waals surface area contributed by atoms with Gasteiger partial charge < -0.3 is 9.47 Å². The molecule has 3 aromatic rings. The van der Waals surface area contributed by atoms with E-state index in [4.69, 9.17) is 21.1 Å². The van der Waals surface area contributed by atoms with Crippen molar-refractivity contribution in [2.24, 2.45) is 0 Å². The van der Waals surface area contributed by atoms with Crippen molar-refractivity contribution in [1.29, 1.82) is 10.5 Å². The summed E-state index contributed by atoms with van der Waals surface area (Å²) in [5, 5.41) is 19.9. The largest absolute Gasteiger partial charge is 0.487 e. The van der Waals surface area contributed by atoms with Crippen LogP contribution < -0.4 is 4.74 Å². The predicted molar refractivity (Wildman–Crippen MR) is 160 cm³/mol. The lowest BCUT2D eigenvalue weighted by Crippen LogP contribution is -2.05. The van der Waals surface area contributed by atoms with Gasteiger partial charge in [-0.25, -0.2) is 4.79 Å². The van der Waals surface area contributed by atoms with Gasteiger partial charge in [-0.3, -0.25) is 4.79 Å².